The number of rotatable bonds is 5. The van der Waals surface area contributed by atoms with Crippen molar-refractivity contribution in [2.24, 2.45) is 10.1 Å². The lowest BCUT2D eigenvalue weighted by Crippen LogP contribution is -2.36. The number of fused-ring (bicyclic) bond motifs is 1. The Bertz CT molecular complexity index is 1060. The quantitative estimate of drug-likeness (QED) is 0.510. The Balaban J connectivity index is 0.00000289. The fourth-order valence-electron chi connectivity index (χ4n) is 3.91. The number of ether oxygens (including phenoxy) is 2. The molecule has 2 aliphatic rings. The summed E-state index contributed by atoms with van der Waals surface area (Å²) < 4.78 is 10.9. The second kappa shape index (κ2) is 10.7. The number of aryl methyl sites for hydroxylation is 1. The first-order chi connectivity index (χ1) is 15.1. The molecule has 0 saturated carbocycles. The van der Waals surface area contributed by atoms with E-state index in [2.05, 4.69) is 33.6 Å². The van der Waals surface area contributed by atoms with Gasteiger partial charge >= 0.3 is 0 Å². The highest BCUT2D eigenvalue weighted by atomic mass is 35.5. The van der Waals surface area contributed by atoms with Gasteiger partial charge in [-0.15, -0.1) is 12.4 Å². The number of hydrazone groups is 1. The number of carbonyl (C=O) groups excluding carboxylic acids is 1. The number of amides is 1. The van der Waals surface area contributed by atoms with Crippen LogP contribution in [0.2, 0.25) is 0 Å². The van der Waals surface area contributed by atoms with Crippen LogP contribution in [0.4, 0.5) is 10.5 Å². The summed E-state index contributed by atoms with van der Waals surface area (Å²) >= 11 is 1.24. The second-order valence-electron chi connectivity index (χ2n) is 7.21. The van der Waals surface area contributed by atoms with E-state index in [-0.39, 0.29) is 17.6 Å². The van der Waals surface area contributed by atoms with E-state index in [0.29, 0.717) is 23.8 Å². The molecular weight excluding hydrogens is 448 g/mol. The summed E-state index contributed by atoms with van der Waals surface area (Å²) in [5, 5.41) is 4.12. The van der Waals surface area contributed by atoms with Gasteiger partial charge in [0.05, 0.1) is 19.9 Å². The molecule has 0 aromatic heterocycles. The molecule has 0 aliphatic carbocycles. The van der Waals surface area contributed by atoms with E-state index in [1.54, 1.807) is 14.2 Å². The summed E-state index contributed by atoms with van der Waals surface area (Å²) in [5.41, 5.74) is 7.91. The van der Waals surface area contributed by atoms with Crippen LogP contribution in [0.15, 0.2) is 46.5 Å². The zero-order valence-electron chi connectivity index (χ0n) is 18.4. The summed E-state index contributed by atoms with van der Waals surface area (Å²) in [6.07, 6.45) is 2.03. The number of nitrogens with zero attached hydrogens (tertiary/aromatic N) is 3. The van der Waals surface area contributed by atoms with Crippen molar-refractivity contribution < 1.29 is 14.3 Å². The van der Waals surface area contributed by atoms with Gasteiger partial charge in [0.1, 0.15) is 5.84 Å². The maximum absolute atomic E-state index is 11.4. The lowest BCUT2D eigenvalue weighted by molar-refractivity contribution is 0.261. The van der Waals surface area contributed by atoms with E-state index in [9.17, 15) is 4.79 Å². The number of anilines is 1. The third-order valence-corrected chi connectivity index (χ3v) is 6.13. The monoisotopic (exact) mass is 474 g/mol. The molecule has 170 valence electrons. The van der Waals surface area contributed by atoms with E-state index >= 15 is 0 Å². The summed E-state index contributed by atoms with van der Waals surface area (Å²) in [6.45, 7) is 3.62. The molecule has 2 aliphatic heterocycles. The lowest BCUT2D eigenvalue weighted by atomic mass is 9.97. The standard InChI is InChI=1S/C23H26N4O3S.ClH/c1-4-24-22(17-8-10-20(29-2)21(13-17)30-3)27-11-5-6-16-12-15(7-9-19(16)27)18-14-31-23(28)26-25-18;/h7-10,12-13H,4-6,11,14H2,1-3H3,(H,26,28);1H. The Hall–Kier alpha value is -2.71. The smallest absolute Gasteiger partial charge is 0.299 e. The molecule has 0 bridgehead atoms. The van der Waals surface area contributed by atoms with Crippen LogP contribution in [0.5, 0.6) is 11.5 Å². The van der Waals surface area contributed by atoms with Crippen molar-refractivity contribution in [1.82, 2.24) is 5.43 Å². The average Bonchev–Trinajstić information content (AvgIpc) is 2.82. The molecule has 2 heterocycles. The third-order valence-electron chi connectivity index (χ3n) is 5.36. The molecule has 4 rings (SSSR count). The maximum Gasteiger partial charge on any atom is 0.299 e. The molecule has 1 N–H and O–H groups in total. The molecule has 1 amide bonds. The molecule has 0 unspecified atom stereocenters. The number of hydrogen-bond donors (Lipinski definition) is 1. The van der Waals surface area contributed by atoms with Gasteiger partial charge in [0, 0.05) is 30.1 Å². The van der Waals surface area contributed by atoms with Crippen LogP contribution in [-0.2, 0) is 6.42 Å². The highest BCUT2D eigenvalue weighted by molar-refractivity contribution is 8.14. The maximum atomic E-state index is 11.4. The van der Waals surface area contributed by atoms with Gasteiger partial charge in [-0.05, 0) is 61.2 Å². The van der Waals surface area contributed by atoms with Crippen LogP contribution in [0.25, 0.3) is 0 Å². The number of thioether (sulfide) groups is 1. The summed E-state index contributed by atoms with van der Waals surface area (Å²) in [6, 6.07) is 12.3. The molecule has 0 fully saturated rings. The second-order valence-corrected chi connectivity index (χ2v) is 8.16. The predicted octanol–water partition coefficient (Wildman–Crippen LogP) is 4.51. The number of hydrogen-bond acceptors (Lipinski definition) is 6. The molecule has 9 heteroatoms. The molecule has 0 spiro atoms. The first-order valence-corrected chi connectivity index (χ1v) is 11.3. The number of carbonyl (C=O) groups is 1. The van der Waals surface area contributed by atoms with Gasteiger partial charge in [0.15, 0.2) is 11.5 Å². The van der Waals surface area contributed by atoms with Crippen LogP contribution in [0.1, 0.15) is 30.0 Å². The van der Waals surface area contributed by atoms with Gasteiger partial charge < -0.3 is 14.4 Å². The molecule has 0 atom stereocenters. The number of nitrogens with one attached hydrogen (secondary N) is 1. The van der Waals surface area contributed by atoms with Gasteiger partial charge in [0.25, 0.3) is 5.24 Å². The number of aliphatic imine (C=N–C) groups is 1. The molecule has 32 heavy (non-hydrogen) atoms. The van der Waals surface area contributed by atoms with Crippen LogP contribution >= 0.6 is 24.2 Å². The SMILES string of the molecule is CCN=C(c1ccc(OC)c(OC)c1)N1CCCc2cc(C3=NNC(=O)SC3)ccc21.Cl. The van der Waals surface area contributed by atoms with E-state index in [4.69, 9.17) is 14.5 Å². The highest BCUT2D eigenvalue weighted by Gasteiger charge is 2.24. The molecular formula is C23H27ClN4O3S. The highest BCUT2D eigenvalue weighted by Crippen LogP contribution is 2.33. The van der Waals surface area contributed by atoms with E-state index in [1.807, 2.05) is 25.1 Å². The van der Waals surface area contributed by atoms with Crippen molar-refractivity contribution in [2.45, 2.75) is 19.8 Å². The van der Waals surface area contributed by atoms with Crippen molar-refractivity contribution >= 4 is 46.6 Å². The van der Waals surface area contributed by atoms with Crippen molar-refractivity contribution in [3.63, 3.8) is 0 Å². The molecule has 2 aromatic rings. The van der Waals surface area contributed by atoms with Gasteiger partial charge in [-0.1, -0.05) is 17.8 Å². The largest absolute Gasteiger partial charge is 0.493 e. The van der Waals surface area contributed by atoms with Gasteiger partial charge in [-0.25, -0.2) is 5.43 Å². The predicted molar refractivity (Wildman–Crippen MR) is 134 cm³/mol. The zero-order chi connectivity index (χ0) is 21.8. The Kier molecular flexibility index (Phi) is 8.04. The third kappa shape index (κ3) is 4.86. The minimum atomic E-state index is -0.108. The Labute approximate surface area is 198 Å². The Morgan fingerprint density at radius 1 is 1.19 bits per heavy atom. The molecule has 7 nitrogen and oxygen atoms in total. The van der Waals surface area contributed by atoms with Gasteiger partial charge in [-0.2, -0.15) is 5.10 Å². The minimum absolute atomic E-state index is 0. The van der Waals surface area contributed by atoms with E-state index < -0.39 is 0 Å². The first-order valence-electron chi connectivity index (χ1n) is 10.3. The summed E-state index contributed by atoms with van der Waals surface area (Å²) in [4.78, 5) is 18.5. The fraction of sp³-hybridized carbons (Fsp3) is 0.348. The van der Waals surface area contributed by atoms with Crippen LogP contribution in [0, 0.1) is 0 Å². The zero-order valence-corrected chi connectivity index (χ0v) is 20.0. The number of halogens is 1. The van der Waals surface area contributed by atoms with Crippen LogP contribution in [-0.4, -0.2) is 49.8 Å². The van der Waals surface area contributed by atoms with E-state index in [0.717, 1.165) is 47.7 Å². The van der Waals surface area contributed by atoms with Crippen molar-refractivity contribution in [2.75, 3.05) is 38.0 Å². The molecule has 0 saturated heterocycles. The van der Waals surface area contributed by atoms with Crippen molar-refractivity contribution in [3.8, 4) is 11.5 Å². The summed E-state index contributed by atoms with van der Waals surface area (Å²) in [7, 11) is 3.28. The van der Waals surface area contributed by atoms with Gasteiger partial charge in [-0.3, -0.25) is 9.79 Å². The summed E-state index contributed by atoms with van der Waals surface area (Å²) in [5.74, 6) is 2.90. The average molecular weight is 475 g/mol. The van der Waals surface area contributed by atoms with Crippen LogP contribution < -0.4 is 19.8 Å². The minimum Gasteiger partial charge on any atom is -0.493 e. The Morgan fingerprint density at radius 3 is 2.69 bits per heavy atom. The molecule has 0 radical (unpaired) electrons. The topological polar surface area (TPSA) is 75.5 Å². The number of amidine groups is 1. The fourth-order valence-corrected chi connectivity index (χ4v) is 4.52. The van der Waals surface area contributed by atoms with Crippen molar-refractivity contribution in [1.29, 1.82) is 0 Å². The Morgan fingerprint density at radius 2 is 2.00 bits per heavy atom. The van der Waals surface area contributed by atoms with E-state index in [1.165, 1.54) is 17.3 Å². The molecule has 2 aromatic carbocycles. The van der Waals surface area contributed by atoms with Crippen molar-refractivity contribution in [3.05, 3.63) is 53.1 Å². The number of benzene rings is 2. The van der Waals surface area contributed by atoms with Crippen LogP contribution in [0.3, 0.4) is 0 Å². The van der Waals surface area contributed by atoms with Gasteiger partial charge in [0.2, 0.25) is 0 Å². The lowest BCUT2D eigenvalue weighted by Gasteiger charge is -2.33. The first kappa shape index (κ1) is 23.9. The number of methoxy groups -OCH3 is 2. The normalized spacial score (nSPS) is 15.8.